The summed E-state index contributed by atoms with van der Waals surface area (Å²) in [5.41, 5.74) is 4.59. The van der Waals surface area contributed by atoms with Crippen molar-refractivity contribution >= 4 is 5.65 Å². The van der Waals surface area contributed by atoms with Crippen LogP contribution >= 0.6 is 0 Å². The molecule has 0 fully saturated rings. The Morgan fingerprint density at radius 3 is 2.79 bits per heavy atom. The number of hydrogen-bond acceptors (Lipinski definition) is 4. The lowest BCUT2D eigenvalue weighted by molar-refractivity contribution is 0.244. The minimum absolute atomic E-state index is 0.0792. The smallest absolute Gasteiger partial charge is 0.272 e. The van der Waals surface area contributed by atoms with Crippen LogP contribution in [0.1, 0.15) is 29.6 Å². The van der Waals surface area contributed by atoms with Gasteiger partial charge in [-0.05, 0) is 45.5 Å². The van der Waals surface area contributed by atoms with Crippen LogP contribution in [0.3, 0.4) is 0 Å². The molecule has 0 saturated heterocycles. The van der Waals surface area contributed by atoms with Gasteiger partial charge < -0.3 is 0 Å². The maximum absolute atomic E-state index is 12.2. The summed E-state index contributed by atoms with van der Waals surface area (Å²) in [6, 6.07) is 7.89. The number of hydrogen-bond donors (Lipinski definition) is 1. The minimum Gasteiger partial charge on any atom is -0.297 e. The average molecular weight is 325 g/mol. The maximum Gasteiger partial charge on any atom is 0.272 e. The Kier molecular flexibility index (Phi) is 4.49. The first kappa shape index (κ1) is 16.4. The summed E-state index contributed by atoms with van der Waals surface area (Å²) in [6.07, 6.45) is 2.71. The van der Waals surface area contributed by atoms with Gasteiger partial charge in [0.25, 0.3) is 5.56 Å². The second-order valence-corrected chi connectivity index (χ2v) is 6.51. The molecule has 3 aromatic rings. The number of pyridine rings is 1. The first-order chi connectivity index (χ1) is 11.4. The normalized spacial score (nSPS) is 12.9. The Morgan fingerprint density at radius 1 is 1.25 bits per heavy atom. The van der Waals surface area contributed by atoms with Gasteiger partial charge in [0.05, 0.1) is 5.69 Å². The van der Waals surface area contributed by atoms with Gasteiger partial charge >= 0.3 is 0 Å². The van der Waals surface area contributed by atoms with E-state index in [9.17, 15) is 4.79 Å². The largest absolute Gasteiger partial charge is 0.297 e. The van der Waals surface area contributed by atoms with Gasteiger partial charge in [-0.1, -0.05) is 0 Å². The third-order valence-corrected chi connectivity index (χ3v) is 4.27. The summed E-state index contributed by atoms with van der Waals surface area (Å²) in [7, 11) is 2.05. The van der Waals surface area contributed by atoms with E-state index in [1.54, 1.807) is 6.07 Å². The van der Waals surface area contributed by atoms with E-state index in [0.29, 0.717) is 18.2 Å². The Morgan fingerprint density at radius 2 is 2.04 bits per heavy atom. The monoisotopic (exact) mass is 325 g/mol. The molecule has 24 heavy (non-hydrogen) atoms. The molecule has 3 rings (SSSR count). The Labute approximate surface area is 141 Å². The third-order valence-electron chi connectivity index (χ3n) is 4.27. The van der Waals surface area contributed by atoms with Crippen molar-refractivity contribution in [1.82, 2.24) is 24.5 Å². The quantitative estimate of drug-likeness (QED) is 0.780. The van der Waals surface area contributed by atoms with E-state index < -0.39 is 0 Å². The van der Waals surface area contributed by atoms with E-state index >= 15 is 0 Å². The van der Waals surface area contributed by atoms with Crippen molar-refractivity contribution in [1.29, 1.82) is 0 Å². The van der Waals surface area contributed by atoms with Crippen molar-refractivity contribution in [2.45, 2.75) is 39.8 Å². The van der Waals surface area contributed by atoms with E-state index in [4.69, 9.17) is 0 Å². The van der Waals surface area contributed by atoms with Crippen molar-refractivity contribution < 1.29 is 0 Å². The molecule has 6 heteroatoms. The molecule has 0 bridgehead atoms. The topological polar surface area (TPSA) is 66.3 Å². The highest BCUT2D eigenvalue weighted by Gasteiger charge is 2.13. The van der Waals surface area contributed by atoms with Crippen molar-refractivity contribution in [3.8, 4) is 0 Å². The van der Waals surface area contributed by atoms with Crippen molar-refractivity contribution in [3.63, 3.8) is 0 Å². The molecule has 3 aromatic heterocycles. The van der Waals surface area contributed by atoms with Gasteiger partial charge in [0.2, 0.25) is 0 Å². The van der Waals surface area contributed by atoms with E-state index in [2.05, 4.69) is 39.9 Å². The summed E-state index contributed by atoms with van der Waals surface area (Å²) in [5, 5.41) is 2.99. The highest BCUT2D eigenvalue weighted by atomic mass is 16.1. The molecule has 0 radical (unpaired) electrons. The van der Waals surface area contributed by atoms with Gasteiger partial charge in [-0.15, -0.1) is 0 Å². The standard InChI is InChI=1S/C18H23N5O/c1-12-5-6-19-15(7-12)9-14(3)22(4)11-16-10-18(24)23-17(20-16)8-13(2)21-23/h5-8,10,14,21H,9,11H2,1-4H3. The zero-order valence-electron chi connectivity index (χ0n) is 14.6. The van der Waals surface area contributed by atoms with Gasteiger partial charge in [-0.25, -0.2) is 9.50 Å². The summed E-state index contributed by atoms with van der Waals surface area (Å²) in [4.78, 5) is 23.4. The lowest BCUT2D eigenvalue weighted by Gasteiger charge is -2.24. The molecule has 1 unspecified atom stereocenters. The molecule has 0 amide bonds. The zero-order valence-corrected chi connectivity index (χ0v) is 14.6. The van der Waals surface area contributed by atoms with Crippen LogP contribution in [-0.2, 0) is 13.0 Å². The third kappa shape index (κ3) is 3.54. The molecule has 0 aliphatic carbocycles. The summed E-state index contributed by atoms with van der Waals surface area (Å²) in [6.45, 7) is 6.78. The fourth-order valence-corrected chi connectivity index (χ4v) is 2.82. The van der Waals surface area contributed by atoms with E-state index in [0.717, 1.165) is 23.5 Å². The number of H-pyrrole nitrogens is 1. The molecule has 1 atom stereocenters. The van der Waals surface area contributed by atoms with Crippen molar-refractivity contribution in [2.75, 3.05) is 7.05 Å². The summed E-state index contributed by atoms with van der Waals surface area (Å²) in [5.74, 6) is 0. The highest BCUT2D eigenvalue weighted by molar-refractivity contribution is 5.39. The van der Waals surface area contributed by atoms with E-state index in [1.165, 1.54) is 10.1 Å². The fourth-order valence-electron chi connectivity index (χ4n) is 2.82. The van der Waals surface area contributed by atoms with Crippen LogP contribution in [0.4, 0.5) is 0 Å². The van der Waals surface area contributed by atoms with Crippen LogP contribution in [-0.4, -0.2) is 37.6 Å². The molecule has 0 spiro atoms. The molecular weight excluding hydrogens is 302 g/mol. The van der Waals surface area contributed by atoms with Gasteiger partial charge in [0.1, 0.15) is 0 Å². The number of aromatic nitrogens is 4. The van der Waals surface area contributed by atoms with Crippen LogP contribution in [0.15, 0.2) is 35.3 Å². The number of aromatic amines is 1. The molecule has 0 aliphatic heterocycles. The minimum atomic E-state index is -0.0792. The second kappa shape index (κ2) is 6.57. The number of aryl methyl sites for hydroxylation is 2. The molecular formula is C18H23N5O. The number of rotatable bonds is 5. The first-order valence-electron chi connectivity index (χ1n) is 8.12. The van der Waals surface area contributed by atoms with Crippen LogP contribution in [0.25, 0.3) is 5.65 Å². The molecule has 1 N–H and O–H groups in total. The Hall–Kier alpha value is -2.47. The number of nitrogens with zero attached hydrogens (tertiary/aromatic N) is 4. The summed E-state index contributed by atoms with van der Waals surface area (Å²) >= 11 is 0. The molecule has 6 nitrogen and oxygen atoms in total. The van der Waals surface area contributed by atoms with Gasteiger partial charge in [-0.2, -0.15) is 0 Å². The maximum atomic E-state index is 12.2. The van der Waals surface area contributed by atoms with E-state index in [1.807, 2.05) is 32.3 Å². The Bertz CT molecular complexity index is 911. The molecule has 0 aliphatic rings. The Balaban J connectivity index is 1.74. The lowest BCUT2D eigenvalue weighted by atomic mass is 10.1. The average Bonchev–Trinajstić information content (AvgIpc) is 2.88. The molecule has 126 valence electrons. The SMILES string of the molecule is Cc1ccnc(CC(C)N(C)Cc2cc(=O)n3[nH]c(C)cc3n2)c1. The lowest BCUT2D eigenvalue weighted by Crippen LogP contribution is -2.31. The first-order valence-corrected chi connectivity index (χ1v) is 8.12. The van der Waals surface area contributed by atoms with Crippen molar-refractivity contribution in [2.24, 2.45) is 0 Å². The predicted molar refractivity (Wildman–Crippen MR) is 94.2 cm³/mol. The molecule has 0 saturated carbocycles. The number of nitrogens with one attached hydrogen (secondary N) is 1. The highest BCUT2D eigenvalue weighted by Crippen LogP contribution is 2.10. The van der Waals surface area contributed by atoms with Crippen LogP contribution in [0.2, 0.25) is 0 Å². The van der Waals surface area contributed by atoms with E-state index in [-0.39, 0.29) is 5.56 Å². The van der Waals surface area contributed by atoms with Crippen LogP contribution in [0, 0.1) is 13.8 Å². The second-order valence-electron chi connectivity index (χ2n) is 6.51. The van der Waals surface area contributed by atoms with Gasteiger partial charge in [0, 0.05) is 48.7 Å². The molecule has 0 aromatic carbocycles. The number of likely N-dealkylation sites (N-methyl/N-ethyl adjacent to an activating group) is 1. The number of fused-ring (bicyclic) bond motifs is 1. The molecule has 3 heterocycles. The van der Waals surface area contributed by atoms with Gasteiger partial charge in [-0.3, -0.25) is 19.8 Å². The fraction of sp³-hybridized carbons (Fsp3) is 0.389. The predicted octanol–water partition coefficient (Wildman–Crippen LogP) is 2.10. The van der Waals surface area contributed by atoms with Gasteiger partial charge in [0.15, 0.2) is 5.65 Å². The van der Waals surface area contributed by atoms with Crippen LogP contribution < -0.4 is 5.56 Å². The zero-order chi connectivity index (χ0) is 17.3. The van der Waals surface area contributed by atoms with Crippen LogP contribution in [0.5, 0.6) is 0 Å². The van der Waals surface area contributed by atoms with Crippen molar-refractivity contribution in [3.05, 3.63) is 63.5 Å². The summed E-state index contributed by atoms with van der Waals surface area (Å²) < 4.78 is 1.47.